The van der Waals surface area contributed by atoms with Crippen molar-refractivity contribution in [3.8, 4) is 0 Å². The van der Waals surface area contributed by atoms with Crippen LogP contribution in [0.25, 0.3) is 0 Å². The molecule has 4 rings (SSSR count). The molecular formula is C30H36N2O5. The van der Waals surface area contributed by atoms with Crippen molar-refractivity contribution in [3.05, 3.63) is 83.4 Å². The predicted octanol–water partition coefficient (Wildman–Crippen LogP) is 3.20. The SMILES string of the molecule is O=C1NCCOC(=O)[C@@H](Cc2ccccc2)CCC=CC[C@@H]1CC(=O)N1Cc2ccccc2C[C@H]1CO. The van der Waals surface area contributed by atoms with Gasteiger partial charge in [0.1, 0.15) is 6.61 Å². The molecular weight excluding hydrogens is 468 g/mol. The van der Waals surface area contributed by atoms with Crippen LogP contribution in [-0.4, -0.2) is 53.6 Å². The van der Waals surface area contributed by atoms with Gasteiger partial charge in [-0.3, -0.25) is 14.4 Å². The van der Waals surface area contributed by atoms with E-state index in [2.05, 4.69) is 5.32 Å². The molecule has 0 fully saturated rings. The molecule has 2 heterocycles. The number of amides is 2. The van der Waals surface area contributed by atoms with Crippen molar-refractivity contribution in [1.29, 1.82) is 0 Å². The number of nitrogens with one attached hydrogen (secondary N) is 1. The van der Waals surface area contributed by atoms with Crippen LogP contribution in [0.4, 0.5) is 0 Å². The summed E-state index contributed by atoms with van der Waals surface area (Å²) >= 11 is 0. The third-order valence-electron chi connectivity index (χ3n) is 7.25. The number of allylic oxidation sites excluding steroid dienone is 2. The number of hydrogen-bond donors (Lipinski definition) is 2. The van der Waals surface area contributed by atoms with Crippen molar-refractivity contribution in [2.45, 2.75) is 51.1 Å². The van der Waals surface area contributed by atoms with Crippen LogP contribution in [-0.2, 0) is 38.5 Å². The molecule has 0 saturated heterocycles. The van der Waals surface area contributed by atoms with Gasteiger partial charge in [0.05, 0.1) is 31.0 Å². The number of carbonyl (C=O) groups excluding carboxylic acids is 3. The molecule has 2 aliphatic rings. The summed E-state index contributed by atoms with van der Waals surface area (Å²) in [4.78, 5) is 40.7. The van der Waals surface area contributed by atoms with Gasteiger partial charge in [-0.15, -0.1) is 0 Å². The number of aliphatic hydroxyl groups is 1. The largest absolute Gasteiger partial charge is 0.464 e. The summed E-state index contributed by atoms with van der Waals surface area (Å²) in [6, 6.07) is 17.5. The molecule has 0 aromatic heterocycles. The van der Waals surface area contributed by atoms with Crippen molar-refractivity contribution >= 4 is 17.8 Å². The smallest absolute Gasteiger partial charge is 0.309 e. The van der Waals surface area contributed by atoms with Crippen molar-refractivity contribution in [2.24, 2.45) is 11.8 Å². The summed E-state index contributed by atoms with van der Waals surface area (Å²) in [6.45, 7) is 0.613. The first-order valence-corrected chi connectivity index (χ1v) is 13.2. The second kappa shape index (κ2) is 13.2. The Bertz CT molecular complexity index is 1100. The number of aliphatic hydroxyl groups excluding tert-OH is 1. The number of esters is 1. The molecule has 7 heteroatoms. The van der Waals surface area contributed by atoms with Gasteiger partial charge in [0, 0.05) is 13.0 Å². The van der Waals surface area contributed by atoms with E-state index in [4.69, 9.17) is 4.74 Å². The van der Waals surface area contributed by atoms with Crippen LogP contribution >= 0.6 is 0 Å². The Morgan fingerprint density at radius 1 is 1.00 bits per heavy atom. The summed E-state index contributed by atoms with van der Waals surface area (Å²) in [7, 11) is 0. The Morgan fingerprint density at radius 3 is 2.54 bits per heavy atom. The van der Waals surface area contributed by atoms with E-state index in [9.17, 15) is 19.5 Å². The lowest BCUT2D eigenvalue weighted by Crippen LogP contribution is -2.47. The highest BCUT2D eigenvalue weighted by Gasteiger charge is 2.32. The molecule has 37 heavy (non-hydrogen) atoms. The molecule has 3 atom stereocenters. The molecule has 7 nitrogen and oxygen atoms in total. The lowest BCUT2D eigenvalue weighted by atomic mass is 9.92. The van der Waals surface area contributed by atoms with Crippen LogP contribution < -0.4 is 5.32 Å². The summed E-state index contributed by atoms with van der Waals surface area (Å²) in [5.74, 6) is -1.40. The van der Waals surface area contributed by atoms with Crippen molar-refractivity contribution in [3.63, 3.8) is 0 Å². The van der Waals surface area contributed by atoms with Crippen molar-refractivity contribution < 1.29 is 24.2 Å². The molecule has 0 saturated carbocycles. The van der Waals surface area contributed by atoms with Crippen LogP contribution in [0, 0.1) is 11.8 Å². The fraction of sp³-hybridized carbons (Fsp3) is 0.433. The zero-order valence-corrected chi connectivity index (χ0v) is 21.2. The summed E-state index contributed by atoms with van der Waals surface area (Å²) < 4.78 is 5.48. The first-order chi connectivity index (χ1) is 18.0. The van der Waals surface area contributed by atoms with Crippen molar-refractivity contribution in [1.82, 2.24) is 10.2 Å². The van der Waals surface area contributed by atoms with Gasteiger partial charge in [-0.2, -0.15) is 0 Å². The Balaban J connectivity index is 1.40. The van der Waals surface area contributed by atoms with E-state index in [1.807, 2.05) is 66.7 Å². The lowest BCUT2D eigenvalue weighted by molar-refractivity contribution is -0.149. The predicted molar refractivity (Wildman–Crippen MR) is 140 cm³/mol. The van der Waals surface area contributed by atoms with E-state index in [1.165, 1.54) is 0 Å². The van der Waals surface area contributed by atoms with Crippen LogP contribution in [0.15, 0.2) is 66.7 Å². The molecule has 2 N–H and O–H groups in total. The Hall–Kier alpha value is -3.45. The van der Waals surface area contributed by atoms with Gasteiger partial charge in [0.2, 0.25) is 11.8 Å². The number of fused-ring (bicyclic) bond motifs is 1. The molecule has 0 radical (unpaired) electrons. The Morgan fingerprint density at radius 2 is 1.76 bits per heavy atom. The van der Waals surface area contributed by atoms with Gasteiger partial charge in [-0.25, -0.2) is 0 Å². The number of rotatable bonds is 5. The molecule has 0 aliphatic carbocycles. The van der Waals surface area contributed by atoms with E-state index in [-0.39, 0.29) is 55.9 Å². The number of nitrogens with zero attached hydrogens (tertiary/aromatic N) is 1. The minimum Gasteiger partial charge on any atom is -0.464 e. The van der Waals surface area contributed by atoms with Gasteiger partial charge in [0.15, 0.2) is 0 Å². The van der Waals surface area contributed by atoms with Crippen LogP contribution in [0.5, 0.6) is 0 Å². The van der Waals surface area contributed by atoms with Crippen LogP contribution in [0.2, 0.25) is 0 Å². The molecule has 2 aromatic rings. The first-order valence-electron chi connectivity index (χ1n) is 13.2. The minimum absolute atomic E-state index is 0.0608. The number of hydrogen-bond acceptors (Lipinski definition) is 5. The van der Waals surface area contributed by atoms with Crippen molar-refractivity contribution in [2.75, 3.05) is 19.8 Å². The van der Waals surface area contributed by atoms with E-state index in [1.54, 1.807) is 4.90 Å². The van der Waals surface area contributed by atoms with Gasteiger partial charge >= 0.3 is 5.97 Å². The fourth-order valence-corrected chi connectivity index (χ4v) is 5.12. The Labute approximate surface area is 218 Å². The second-order valence-electron chi connectivity index (χ2n) is 9.86. The third-order valence-corrected chi connectivity index (χ3v) is 7.25. The number of carbonyl (C=O) groups is 3. The molecule has 2 aliphatic heterocycles. The maximum atomic E-state index is 13.3. The average Bonchev–Trinajstić information content (AvgIpc) is 2.93. The van der Waals surface area contributed by atoms with Gasteiger partial charge < -0.3 is 20.1 Å². The first kappa shape index (κ1) is 26.6. The summed E-state index contributed by atoms with van der Waals surface area (Å²) in [6.07, 6.45) is 6.98. The second-order valence-corrected chi connectivity index (χ2v) is 9.86. The maximum Gasteiger partial charge on any atom is 0.309 e. The molecule has 0 bridgehead atoms. The summed E-state index contributed by atoms with van der Waals surface area (Å²) in [5, 5.41) is 12.8. The topological polar surface area (TPSA) is 95.9 Å². The standard InChI is InChI=1S/C30H36N2O5/c33-21-27-18-23-11-7-8-14-26(23)20-32(27)28(34)19-24-12-5-2-6-13-25(17-22-9-3-1-4-10-22)30(36)37-16-15-31-29(24)35/h1-5,7-11,14,24-25,27,33H,6,12-13,15-21H2,(H,31,35)/t24-,25-,27+/m1/s1. The molecule has 2 aromatic carbocycles. The van der Waals surface area contributed by atoms with Crippen LogP contribution in [0.1, 0.15) is 42.4 Å². The molecule has 0 unspecified atom stereocenters. The van der Waals surface area contributed by atoms with E-state index in [0.717, 1.165) is 16.7 Å². The third kappa shape index (κ3) is 7.29. The number of cyclic esters (lactones) is 1. The lowest BCUT2D eigenvalue weighted by Gasteiger charge is -2.36. The van der Waals surface area contributed by atoms with E-state index >= 15 is 0 Å². The van der Waals surface area contributed by atoms with Gasteiger partial charge in [-0.05, 0) is 48.8 Å². The van der Waals surface area contributed by atoms with Gasteiger partial charge in [0.25, 0.3) is 0 Å². The zero-order valence-electron chi connectivity index (χ0n) is 21.2. The highest BCUT2D eigenvalue weighted by atomic mass is 16.5. The normalized spacial score (nSPS) is 23.1. The average molecular weight is 505 g/mol. The minimum atomic E-state index is -0.531. The van der Waals surface area contributed by atoms with Gasteiger partial charge in [-0.1, -0.05) is 66.7 Å². The molecule has 196 valence electrons. The fourth-order valence-electron chi connectivity index (χ4n) is 5.12. The molecule has 0 spiro atoms. The van der Waals surface area contributed by atoms with Crippen LogP contribution in [0.3, 0.4) is 0 Å². The molecule has 2 amide bonds. The highest BCUT2D eigenvalue weighted by Crippen LogP contribution is 2.25. The zero-order chi connectivity index (χ0) is 26.0. The maximum absolute atomic E-state index is 13.3. The van der Waals surface area contributed by atoms with E-state index < -0.39 is 5.92 Å². The summed E-state index contributed by atoms with van der Waals surface area (Å²) in [5.41, 5.74) is 3.31. The number of ether oxygens (including phenoxy) is 1. The highest BCUT2D eigenvalue weighted by molar-refractivity contribution is 5.86. The van der Waals surface area contributed by atoms with E-state index in [0.29, 0.717) is 38.6 Å². The monoisotopic (exact) mass is 504 g/mol. The Kier molecular flexibility index (Phi) is 9.49. The quantitative estimate of drug-likeness (QED) is 0.482. The number of benzene rings is 2.